The standard InChI is InChI=1S/C15H30N2O/c1-13(2)16-14-6-5-9-17(12-14)10-11-18-15-7-3-4-8-15/h13-16H,3-12H2,1-2H3. The van der Waals surface area contributed by atoms with Crippen LogP contribution in [0.2, 0.25) is 0 Å². The van der Waals surface area contributed by atoms with Gasteiger partial charge in [0.05, 0.1) is 12.7 Å². The van der Waals surface area contributed by atoms with Gasteiger partial charge in [-0.25, -0.2) is 0 Å². The van der Waals surface area contributed by atoms with Crippen molar-refractivity contribution in [1.29, 1.82) is 0 Å². The lowest BCUT2D eigenvalue weighted by Crippen LogP contribution is -2.48. The SMILES string of the molecule is CC(C)NC1CCCN(CCOC2CCCC2)C1. The summed E-state index contributed by atoms with van der Waals surface area (Å²) in [5.41, 5.74) is 0. The normalized spacial score (nSPS) is 27.2. The van der Waals surface area contributed by atoms with Gasteiger partial charge in [-0.2, -0.15) is 0 Å². The largest absolute Gasteiger partial charge is 0.377 e. The monoisotopic (exact) mass is 254 g/mol. The van der Waals surface area contributed by atoms with Crippen LogP contribution in [0.25, 0.3) is 0 Å². The van der Waals surface area contributed by atoms with Gasteiger partial charge in [0.1, 0.15) is 0 Å². The van der Waals surface area contributed by atoms with E-state index in [2.05, 4.69) is 24.1 Å². The minimum absolute atomic E-state index is 0.569. The molecule has 1 aliphatic carbocycles. The summed E-state index contributed by atoms with van der Waals surface area (Å²) in [6, 6.07) is 1.29. The first-order chi connectivity index (χ1) is 8.74. The highest BCUT2D eigenvalue weighted by Crippen LogP contribution is 2.20. The zero-order valence-corrected chi connectivity index (χ0v) is 12.2. The number of nitrogens with zero attached hydrogens (tertiary/aromatic N) is 1. The van der Waals surface area contributed by atoms with Crippen molar-refractivity contribution >= 4 is 0 Å². The average molecular weight is 254 g/mol. The molecule has 106 valence electrons. The van der Waals surface area contributed by atoms with E-state index in [1.165, 1.54) is 51.6 Å². The molecule has 1 saturated heterocycles. The second kappa shape index (κ2) is 7.46. The van der Waals surface area contributed by atoms with Crippen molar-refractivity contribution < 1.29 is 4.74 Å². The van der Waals surface area contributed by atoms with E-state index in [9.17, 15) is 0 Å². The third-order valence-electron chi connectivity index (χ3n) is 4.14. The molecule has 3 nitrogen and oxygen atoms in total. The van der Waals surface area contributed by atoms with Crippen LogP contribution in [0, 0.1) is 0 Å². The van der Waals surface area contributed by atoms with Gasteiger partial charge in [-0.05, 0) is 32.2 Å². The average Bonchev–Trinajstić information content (AvgIpc) is 2.82. The zero-order chi connectivity index (χ0) is 12.8. The molecule has 1 atom stereocenters. The van der Waals surface area contributed by atoms with Gasteiger partial charge in [-0.3, -0.25) is 4.90 Å². The Hall–Kier alpha value is -0.120. The Morgan fingerprint density at radius 1 is 1.17 bits per heavy atom. The maximum absolute atomic E-state index is 5.96. The summed E-state index contributed by atoms with van der Waals surface area (Å²) < 4.78 is 5.96. The fraction of sp³-hybridized carbons (Fsp3) is 1.00. The Morgan fingerprint density at radius 3 is 2.67 bits per heavy atom. The number of hydrogen-bond acceptors (Lipinski definition) is 3. The van der Waals surface area contributed by atoms with E-state index in [1.807, 2.05) is 0 Å². The molecule has 1 aliphatic heterocycles. The molecular weight excluding hydrogens is 224 g/mol. The quantitative estimate of drug-likeness (QED) is 0.788. The summed E-state index contributed by atoms with van der Waals surface area (Å²) in [5.74, 6) is 0. The summed E-state index contributed by atoms with van der Waals surface area (Å²) in [5, 5.41) is 3.66. The number of likely N-dealkylation sites (tertiary alicyclic amines) is 1. The van der Waals surface area contributed by atoms with Gasteiger partial charge in [0.15, 0.2) is 0 Å². The van der Waals surface area contributed by atoms with Gasteiger partial charge in [-0.1, -0.05) is 26.7 Å². The van der Waals surface area contributed by atoms with Crippen LogP contribution in [0.4, 0.5) is 0 Å². The molecule has 0 bridgehead atoms. The molecule has 0 aromatic rings. The highest BCUT2D eigenvalue weighted by Gasteiger charge is 2.20. The van der Waals surface area contributed by atoms with Gasteiger partial charge in [-0.15, -0.1) is 0 Å². The summed E-state index contributed by atoms with van der Waals surface area (Å²) in [7, 11) is 0. The van der Waals surface area contributed by atoms with Crippen molar-refractivity contribution in [2.45, 2.75) is 70.6 Å². The third kappa shape index (κ3) is 4.87. The van der Waals surface area contributed by atoms with Crippen LogP contribution in [0.1, 0.15) is 52.4 Å². The fourth-order valence-corrected chi connectivity index (χ4v) is 3.27. The molecule has 0 radical (unpaired) electrons. The van der Waals surface area contributed by atoms with Gasteiger partial charge < -0.3 is 10.1 Å². The van der Waals surface area contributed by atoms with E-state index < -0.39 is 0 Å². The summed E-state index contributed by atoms with van der Waals surface area (Å²) in [4.78, 5) is 2.57. The molecule has 0 aromatic carbocycles. The highest BCUT2D eigenvalue weighted by atomic mass is 16.5. The van der Waals surface area contributed by atoms with Crippen LogP contribution < -0.4 is 5.32 Å². The van der Waals surface area contributed by atoms with Crippen LogP contribution in [-0.2, 0) is 4.74 Å². The molecule has 1 saturated carbocycles. The lowest BCUT2D eigenvalue weighted by molar-refractivity contribution is 0.0357. The minimum atomic E-state index is 0.569. The highest BCUT2D eigenvalue weighted by molar-refractivity contribution is 4.79. The predicted octanol–water partition coefficient (Wildman–Crippen LogP) is 2.41. The predicted molar refractivity (Wildman–Crippen MR) is 75.9 cm³/mol. The number of hydrogen-bond donors (Lipinski definition) is 1. The molecule has 1 unspecified atom stereocenters. The van der Waals surface area contributed by atoms with Crippen molar-refractivity contribution in [3.05, 3.63) is 0 Å². The van der Waals surface area contributed by atoms with Gasteiger partial charge in [0, 0.05) is 25.2 Å². The summed E-state index contributed by atoms with van der Waals surface area (Å²) in [6.45, 7) is 8.98. The number of nitrogens with one attached hydrogen (secondary N) is 1. The second-order valence-corrected chi connectivity index (χ2v) is 6.24. The van der Waals surface area contributed by atoms with E-state index >= 15 is 0 Å². The van der Waals surface area contributed by atoms with Crippen molar-refractivity contribution in [3.8, 4) is 0 Å². The molecule has 1 N–H and O–H groups in total. The Bertz CT molecular complexity index is 227. The maximum atomic E-state index is 5.96. The molecule has 1 heterocycles. The number of rotatable bonds is 6. The van der Waals surface area contributed by atoms with E-state index in [0.29, 0.717) is 18.2 Å². The van der Waals surface area contributed by atoms with E-state index in [1.54, 1.807) is 0 Å². The Kier molecular flexibility index (Phi) is 5.93. The van der Waals surface area contributed by atoms with E-state index in [-0.39, 0.29) is 0 Å². The molecular formula is C15H30N2O. The summed E-state index contributed by atoms with van der Waals surface area (Å²) >= 11 is 0. The van der Waals surface area contributed by atoms with E-state index in [4.69, 9.17) is 4.74 Å². The third-order valence-corrected chi connectivity index (χ3v) is 4.14. The number of piperidine rings is 1. The molecule has 0 aromatic heterocycles. The molecule has 2 aliphatic rings. The summed E-state index contributed by atoms with van der Waals surface area (Å²) in [6.07, 6.45) is 8.55. The molecule has 0 spiro atoms. The van der Waals surface area contributed by atoms with Gasteiger partial charge in [0.25, 0.3) is 0 Å². The number of ether oxygens (including phenoxy) is 1. The van der Waals surface area contributed by atoms with Crippen molar-refractivity contribution in [2.24, 2.45) is 0 Å². The minimum Gasteiger partial charge on any atom is -0.377 e. The Balaban J connectivity index is 1.59. The van der Waals surface area contributed by atoms with Gasteiger partial charge in [0.2, 0.25) is 0 Å². The van der Waals surface area contributed by atoms with Crippen LogP contribution in [0.3, 0.4) is 0 Å². The molecule has 3 heteroatoms. The first-order valence-electron chi connectivity index (χ1n) is 7.84. The van der Waals surface area contributed by atoms with Crippen molar-refractivity contribution in [1.82, 2.24) is 10.2 Å². The van der Waals surface area contributed by atoms with Crippen LogP contribution in [0.5, 0.6) is 0 Å². The Morgan fingerprint density at radius 2 is 1.94 bits per heavy atom. The molecule has 0 amide bonds. The smallest absolute Gasteiger partial charge is 0.0597 e. The van der Waals surface area contributed by atoms with Crippen LogP contribution in [0.15, 0.2) is 0 Å². The zero-order valence-electron chi connectivity index (χ0n) is 12.2. The first-order valence-corrected chi connectivity index (χ1v) is 7.84. The molecule has 18 heavy (non-hydrogen) atoms. The molecule has 2 rings (SSSR count). The van der Waals surface area contributed by atoms with Crippen LogP contribution in [-0.4, -0.2) is 49.3 Å². The van der Waals surface area contributed by atoms with Crippen molar-refractivity contribution in [2.75, 3.05) is 26.2 Å². The lowest BCUT2D eigenvalue weighted by atomic mass is 10.1. The second-order valence-electron chi connectivity index (χ2n) is 6.24. The Labute approximate surface area is 112 Å². The van der Waals surface area contributed by atoms with Crippen molar-refractivity contribution in [3.63, 3.8) is 0 Å². The maximum Gasteiger partial charge on any atom is 0.0597 e. The topological polar surface area (TPSA) is 24.5 Å². The first kappa shape index (κ1) is 14.3. The van der Waals surface area contributed by atoms with E-state index in [0.717, 1.165) is 13.2 Å². The molecule has 2 fully saturated rings. The van der Waals surface area contributed by atoms with Crippen LogP contribution >= 0.6 is 0 Å². The fourth-order valence-electron chi connectivity index (χ4n) is 3.27. The van der Waals surface area contributed by atoms with Gasteiger partial charge >= 0.3 is 0 Å². The lowest BCUT2D eigenvalue weighted by Gasteiger charge is -2.34.